The average Bonchev–Trinajstić information content (AvgIpc) is 3.13. The summed E-state index contributed by atoms with van der Waals surface area (Å²) in [4.78, 5) is 10.3. The van der Waals surface area contributed by atoms with Gasteiger partial charge in [0.25, 0.3) is 0 Å². The molecule has 1 N–H and O–H groups in total. The Morgan fingerprint density at radius 2 is 1.82 bits per heavy atom. The van der Waals surface area contributed by atoms with Crippen molar-refractivity contribution in [1.82, 2.24) is 14.9 Å². The van der Waals surface area contributed by atoms with Crippen LogP contribution in [0.5, 0.6) is 0 Å². The van der Waals surface area contributed by atoms with Gasteiger partial charge in [0.15, 0.2) is 0 Å². The molecule has 0 aliphatic heterocycles. The molecule has 2 aromatic heterocycles. The van der Waals surface area contributed by atoms with E-state index in [1.165, 1.54) is 4.90 Å². The van der Waals surface area contributed by atoms with Gasteiger partial charge < -0.3 is 4.98 Å². The number of nitrogens with zero attached hydrogens (tertiary/aromatic N) is 2. The zero-order valence-electron chi connectivity index (χ0n) is 20.2. The summed E-state index contributed by atoms with van der Waals surface area (Å²) in [6.45, 7) is 9.28. The third-order valence-electron chi connectivity index (χ3n) is 5.27. The van der Waals surface area contributed by atoms with Crippen LogP contribution in [0.25, 0.3) is 33.1 Å². The normalized spacial score (nSPS) is 12.0. The van der Waals surface area contributed by atoms with E-state index in [1.807, 2.05) is 70.5 Å². The van der Waals surface area contributed by atoms with Crippen molar-refractivity contribution >= 4 is 42.5 Å². The van der Waals surface area contributed by atoms with Crippen molar-refractivity contribution in [2.45, 2.75) is 38.4 Å². The number of halogens is 3. The number of rotatable bonds is 6. The van der Waals surface area contributed by atoms with Gasteiger partial charge in [-0.2, -0.15) is 13.2 Å². The van der Waals surface area contributed by atoms with Gasteiger partial charge in [-0.3, -0.25) is 4.90 Å². The summed E-state index contributed by atoms with van der Waals surface area (Å²) in [6.07, 6.45) is -2.02. The Bertz CT molecular complexity index is 1270. The van der Waals surface area contributed by atoms with E-state index < -0.39 is 20.6 Å². The molecule has 0 amide bonds. The molecule has 2 heterocycles. The van der Waals surface area contributed by atoms with Gasteiger partial charge in [0.05, 0.1) is 12.1 Å². The number of benzene rings is 2. The second kappa shape index (κ2) is 11.1. The van der Waals surface area contributed by atoms with Gasteiger partial charge in [-0.1, -0.05) is 46.0 Å². The zero-order chi connectivity index (χ0) is 25.0. The van der Waals surface area contributed by atoms with Crippen LogP contribution in [0.3, 0.4) is 0 Å². The number of nitrogens with one attached hydrogen (secondary N) is 1. The van der Waals surface area contributed by atoms with Crippen LogP contribution in [0.15, 0.2) is 53.6 Å². The minimum Gasteiger partial charge on any atom is -0.339 e. The highest BCUT2D eigenvalue weighted by atomic mass is 32.1. The smallest absolute Gasteiger partial charge is 0.339 e. The number of aromatic nitrogens is 2. The van der Waals surface area contributed by atoms with Gasteiger partial charge >= 0.3 is 6.18 Å². The van der Waals surface area contributed by atoms with Crippen LogP contribution >= 0.6 is 20.6 Å². The molecule has 0 spiro atoms. The predicted octanol–water partition coefficient (Wildman–Crippen LogP) is 8.07. The lowest BCUT2D eigenvalue weighted by Crippen LogP contribution is -2.34. The Morgan fingerprint density at radius 3 is 2.47 bits per heavy atom. The van der Waals surface area contributed by atoms with Crippen LogP contribution in [-0.2, 0) is 6.54 Å². The van der Waals surface area contributed by atoms with Crippen molar-refractivity contribution < 1.29 is 13.2 Å². The first-order valence-corrected chi connectivity index (χ1v) is 14.1. The maximum atomic E-state index is 13.2. The molecule has 8 heteroatoms. The minimum absolute atomic E-state index is 0.217. The van der Waals surface area contributed by atoms with Crippen LogP contribution in [-0.4, -0.2) is 47.2 Å². The molecule has 0 aliphatic carbocycles. The molecule has 2 aromatic carbocycles. The Hall–Kier alpha value is -2.08. The molecule has 0 unspecified atom stereocenters. The number of H-pyrrole nitrogens is 1. The molecule has 0 bridgehead atoms. The van der Waals surface area contributed by atoms with Gasteiger partial charge in [-0.25, -0.2) is 4.98 Å². The number of alkyl halides is 3. The van der Waals surface area contributed by atoms with Crippen molar-refractivity contribution in [2.24, 2.45) is 0 Å². The zero-order valence-corrected chi connectivity index (χ0v) is 22.0. The molecule has 4 rings (SSSR count). The highest BCUT2D eigenvalue weighted by Gasteiger charge is 2.31. The molecule has 0 saturated heterocycles. The Morgan fingerprint density at radius 1 is 1.09 bits per heavy atom. The lowest BCUT2D eigenvalue weighted by Gasteiger charge is -2.26. The van der Waals surface area contributed by atoms with E-state index in [9.17, 15) is 13.2 Å². The Labute approximate surface area is 205 Å². The third-order valence-corrected chi connectivity index (χ3v) is 6.51. The summed E-state index contributed by atoms with van der Waals surface area (Å²) in [6, 6.07) is 13.9. The van der Waals surface area contributed by atoms with Gasteiger partial charge in [-0.05, 0) is 60.7 Å². The standard InChI is InChI=1S/C24H25F3N3PS.C2H6/c1-15-9-20-21-19(16-5-4-6-18(32)10-16)8-7-17(22(21)29-23(20)28-11-15)12-30(14-31(2)3)13-24(25,26)27;1-2/h4-11,32H,12-14H2,1-3H3,(H,28,29);1-2H3. The molecule has 0 fully saturated rings. The number of hydrogen-bond donors (Lipinski definition) is 2. The fraction of sp³-hybridized carbons (Fsp3) is 0.346. The van der Waals surface area contributed by atoms with Gasteiger partial charge in [0.1, 0.15) is 5.65 Å². The molecular formula is C26H31F3N3PS. The van der Waals surface area contributed by atoms with Crippen LogP contribution in [0.2, 0.25) is 0 Å². The minimum atomic E-state index is -4.24. The molecule has 3 nitrogen and oxygen atoms in total. The van der Waals surface area contributed by atoms with Crippen molar-refractivity contribution in [3.63, 3.8) is 0 Å². The number of aromatic amines is 1. The SMILES string of the molecule is CC.Cc1cnc2[nH]c3c(CN(CP(C)C)CC(F)(F)F)ccc(-c4cccc(S)c4)c3c2c1. The van der Waals surface area contributed by atoms with Crippen molar-refractivity contribution in [3.05, 3.63) is 59.8 Å². The predicted molar refractivity (Wildman–Crippen MR) is 142 cm³/mol. The second-order valence-corrected chi connectivity index (χ2v) is 11.4. The monoisotopic (exact) mass is 505 g/mol. The largest absolute Gasteiger partial charge is 0.401 e. The maximum Gasteiger partial charge on any atom is 0.401 e. The molecule has 34 heavy (non-hydrogen) atoms. The first-order valence-electron chi connectivity index (χ1n) is 11.2. The highest BCUT2D eigenvalue weighted by Crippen LogP contribution is 2.38. The topological polar surface area (TPSA) is 31.9 Å². The fourth-order valence-electron chi connectivity index (χ4n) is 4.14. The van der Waals surface area contributed by atoms with E-state index in [-0.39, 0.29) is 6.54 Å². The summed E-state index contributed by atoms with van der Waals surface area (Å²) in [7, 11) is -0.507. The van der Waals surface area contributed by atoms with E-state index in [1.54, 1.807) is 6.20 Å². The third kappa shape index (κ3) is 6.32. The summed E-state index contributed by atoms with van der Waals surface area (Å²) in [5, 5.41) is 1.95. The number of thiol groups is 1. The molecule has 182 valence electrons. The Balaban J connectivity index is 0.00000158. The first-order chi connectivity index (χ1) is 16.1. The van der Waals surface area contributed by atoms with E-state index >= 15 is 0 Å². The number of hydrogen-bond acceptors (Lipinski definition) is 3. The van der Waals surface area contributed by atoms with Crippen LogP contribution in [0.4, 0.5) is 13.2 Å². The van der Waals surface area contributed by atoms with Crippen LogP contribution in [0, 0.1) is 6.92 Å². The summed E-state index contributed by atoms with van der Waals surface area (Å²) in [5.41, 5.74) is 5.45. The van der Waals surface area contributed by atoms with Crippen molar-refractivity contribution in [2.75, 3.05) is 26.2 Å². The number of aryl methyl sites for hydroxylation is 1. The van der Waals surface area contributed by atoms with E-state index in [2.05, 4.69) is 28.7 Å². The highest BCUT2D eigenvalue weighted by molar-refractivity contribution is 7.80. The van der Waals surface area contributed by atoms with E-state index in [4.69, 9.17) is 0 Å². The van der Waals surface area contributed by atoms with E-state index in [0.717, 1.165) is 49.1 Å². The lowest BCUT2D eigenvalue weighted by atomic mass is 9.97. The quantitative estimate of drug-likeness (QED) is 0.205. The van der Waals surface area contributed by atoms with Crippen molar-refractivity contribution in [3.8, 4) is 11.1 Å². The number of fused-ring (bicyclic) bond motifs is 3. The summed E-state index contributed by atoms with van der Waals surface area (Å²) >= 11 is 4.48. The summed E-state index contributed by atoms with van der Waals surface area (Å²) in [5.74, 6) is 0. The summed E-state index contributed by atoms with van der Waals surface area (Å²) < 4.78 is 39.7. The van der Waals surface area contributed by atoms with Crippen LogP contribution in [0.1, 0.15) is 25.0 Å². The average molecular weight is 506 g/mol. The lowest BCUT2D eigenvalue weighted by molar-refractivity contribution is -0.144. The van der Waals surface area contributed by atoms with Crippen molar-refractivity contribution in [1.29, 1.82) is 0 Å². The fourth-order valence-corrected chi connectivity index (χ4v) is 5.37. The van der Waals surface area contributed by atoms with Crippen LogP contribution < -0.4 is 0 Å². The molecule has 0 saturated carbocycles. The molecular weight excluding hydrogens is 474 g/mol. The second-order valence-electron chi connectivity index (χ2n) is 8.43. The molecule has 0 radical (unpaired) electrons. The molecule has 0 atom stereocenters. The Kier molecular flexibility index (Phi) is 8.66. The maximum absolute atomic E-state index is 13.2. The first kappa shape index (κ1) is 26.5. The molecule has 0 aliphatic rings. The van der Waals surface area contributed by atoms with E-state index in [0.29, 0.717) is 6.29 Å². The van der Waals surface area contributed by atoms with Gasteiger partial charge in [0, 0.05) is 34.7 Å². The molecule has 4 aromatic rings. The van der Waals surface area contributed by atoms with Gasteiger partial charge in [-0.15, -0.1) is 12.6 Å². The number of pyridine rings is 1. The van der Waals surface area contributed by atoms with Gasteiger partial charge in [0.2, 0.25) is 0 Å².